The van der Waals surface area contributed by atoms with E-state index in [2.05, 4.69) is 0 Å². The van der Waals surface area contributed by atoms with Gasteiger partial charge in [-0.15, -0.1) is 0 Å². The summed E-state index contributed by atoms with van der Waals surface area (Å²) in [7, 11) is 0. The number of hydrogen-bond donors (Lipinski definition) is 1. The molecular formula is C11H16FNO. The Balaban J connectivity index is 2.89. The lowest BCUT2D eigenvalue weighted by Crippen LogP contribution is -2.09. The maximum atomic E-state index is 13.4. The number of benzene rings is 1. The second-order valence-electron chi connectivity index (χ2n) is 3.64. The maximum absolute atomic E-state index is 13.4. The minimum atomic E-state index is -0.307. The first kappa shape index (κ1) is 11.0. The first-order chi connectivity index (χ1) is 6.50. The molecule has 14 heavy (non-hydrogen) atoms. The summed E-state index contributed by atoms with van der Waals surface area (Å²) < 4.78 is 18.7. The van der Waals surface area contributed by atoms with Crippen LogP contribution >= 0.6 is 0 Å². The highest BCUT2D eigenvalue weighted by atomic mass is 19.1. The van der Waals surface area contributed by atoms with E-state index in [0.717, 1.165) is 0 Å². The molecule has 1 atom stereocenters. The molecule has 0 aliphatic rings. The van der Waals surface area contributed by atoms with Crippen LogP contribution in [0.2, 0.25) is 0 Å². The summed E-state index contributed by atoms with van der Waals surface area (Å²) in [6.45, 7) is 5.55. The third kappa shape index (κ3) is 2.70. The number of ether oxygens (including phenoxy) is 1. The summed E-state index contributed by atoms with van der Waals surface area (Å²) >= 11 is 0. The van der Waals surface area contributed by atoms with E-state index in [1.54, 1.807) is 19.1 Å². The number of rotatable bonds is 3. The van der Waals surface area contributed by atoms with Crippen molar-refractivity contribution in [3.8, 4) is 5.75 Å². The van der Waals surface area contributed by atoms with Gasteiger partial charge < -0.3 is 10.5 Å². The van der Waals surface area contributed by atoms with E-state index in [9.17, 15) is 4.39 Å². The van der Waals surface area contributed by atoms with Crippen LogP contribution in [0, 0.1) is 5.82 Å². The molecule has 0 spiro atoms. The fraction of sp³-hybridized carbons (Fsp3) is 0.455. The van der Waals surface area contributed by atoms with Crippen molar-refractivity contribution in [2.24, 2.45) is 5.73 Å². The van der Waals surface area contributed by atoms with Gasteiger partial charge in [-0.3, -0.25) is 0 Å². The molecule has 2 N–H and O–H groups in total. The molecule has 0 saturated heterocycles. The Kier molecular flexibility index (Phi) is 3.47. The molecule has 3 heteroatoms. The fourth-order valence-electron chi connectivity index (χ4n) is 1.22. The van der Waals surface area contributed by atoms with Gasteiger partial charge in [0.2, 0.25) is 0 Å². The SMILES string of the molecule is CC(C)Oc1ccc([C@H](C)N)c(F)c1. The topological polar surface area (TPSA) is 35.2 Å². The van der Waals surface area contributed by atoms with Gasteiger partial charge in [0.1, 0.15) is 11.6 Å². The minimum Gasteiger partial charge on any atom is -0.491 e. The summed E-state index contributed by atoms with van der Waals surface area (Å²) in [5.41, 5.74) is 6.10. The molecule has 0 saturated carbocycles. The van der Waals surface area contributed by atoms with Crippen LogP contribution in [0.1, 0.15) is 32.4 Å². The average Bonchev–Trinajstić information content (AvgIpc) is 2.01. The Hall–Kier alpha value is -1.09. The highest BCUT2D eigenvalue weighted by Crippen LogP contribution is 2.21. The van der Waals surface area contributed by atoms with Gasteiger partial charge in [0.15, 0.2) is 0 Å². The summed E-state index contributed by atoms with van der Waals surface area (Å²) in [6.07, 6.45) is 0.0514. The minimum absolute atomic E-state index is 0.0514. The summed E-state index contributed by atoms with van der Waals surface area (Å²) in [5.74, 6) is 0.236. The molecule has 78 valence electrons. The van der Waals surface area contributed by atoms with Crippen LogP contribution < -0.4 is 10.5 Å². The van der Waals surface area contributed by atoms with Gasteiger partial charge in [0.05, 0.1) is 6.10 Å². The molecule has 0 unspecified atom stereocenters. The largest absolute Gasteiger partial charge is 0.491 e. The van der Waals surface area contributed by atoms with E-state index in [-0.39, 0.29) is 18.0 Å². The molecule has 1 rings (SSSR count). The monoisotopic (exact) mass is 197 g/mol. The molecule has 0 radical (unpaired) electrons. The van der Waals surface area contributed by atoms with Crippen LogP contribution in [0.25, 0.3) is 0 Å². The van der Waals surface area contributed by atoms with Gasteiger partial charge in [-0.05, 0) is 26.8 Å². The second kappa shape index (κ2) is 4.42. The zero-order chi connectivity index (χ0) is 10.7. The van der Waals surface area contributed by atoms with Crippen molar-refractivity contribution in [3.05, 3.63) is 29.6 Å². The molecule has 0 aliphatic carbocycles. The third-order valence-electron chi connectivity index (χ3n) is 1.83. The van der Waals surface area contributed by atoms with Gasteiger partial charge in [0, 0.05) is 17.7 Å². The number of hydrogen-bond acceptors (Lipinski definition) is 2. The van der Waals surface area contributed by atoms with Crippen LogP contribution in [0.15, 0.2) is 18.2 Å². The molecule has 0 heterocycles. The van der Waals surface area contributed by atoms with Gasteiger partial charge >= 0.3 is 0 Å². The lowest BCUT2D eigenvalue weighted by molar-refractivity contribution is 0.241. The Bertz CT molecular complexity index is 310. The van der Waals surface area contributed by atoms with Gasteiger partial charge in [-0.1, -0.05) is 6.07 Å². The first-order valence-corrected chi connectivity index (χ1v) is 4.72. The Morgan fingerprint density at radius 1 is 1.29 bits per heavy atom. The standard InChI is InChI=1S/C11H16FNO/c1-7(2)14-9-4-5-10(8(3)13)11(12)6-9/h4-8H,13H2,1-3H3/t8-/m0/s1. The van der Waals surface area contributed by atoms with Crippen molar-refractivity contribution < 1.29 is 9.13 Å². The van der Waals surface area contributed by atoms with Crippen LogP contribution in [0.5, 0.6) is 5.75 Å². The predicted octanol–water partition coefficient (Wildman–Crippen LogP) is 2.63. The zero-order valence-corrected chi connectivity index (χ0v) is 8.75. The second-order valence-corrected chi connectivity index (χ2v) is 3.64. The lowest BCUT2D eigenvalue weighted by Gasteiger charge is -2.12. The molecule has 1 aromatic carbocycles. The van der Waals surface area contributed by atoms with E-state index in [4.69, 9.17) is 10.5 Å². The first-order valence-electron chi connectivity index (χ1n) is 4.72. The molecular weight excluding hydrogens is 181 g/mol. The van der Waals surface area contributed by atoms with Crippen molar-refractivity contribution >= 4 is 0 Å². The van der Waals surface area contributed by atoms with Crippen LogP contribution in [0.4, 0.5) is 4.39 Å². The van der Waals surface area contributed by atoms with Crippen LogP contribution in [-0.2, 0) is 0 Å². The summed E-state index contributed by atoms with van der Waals surface area (Å²) in [6, 6.07) is 4.49. The Labute approximate surface area is 83.9 Å². The highest BCUT2D eigenvalue weighted by Gasteiger charge is 2.08. The molecule has 2 nitrogen and oxygen atoms in total. The van der Waals surface area contributed by atoms with E-state index in [0.29, 0.717) is 11.3 Å². The quantitative estimate of drug-likeness (QED) is 0.808. The predicted molar refractivity (Wildman–Crippen MR) is 54.8 cm³/mol. The Morgan fingerprint density at radius 3 is 2.36 bits per heavy atom. The molecule has 1 aromatic rings. The summed E-state index contributed by atoms with van der Waals surface area (Å²) in [5, 5.41) is 0. The van der Waals surface area contributed by atoms with E-state index >= 15 is 0 Å². The smallest absolute Gasteiger partial charge is 0.131 e. The van der Waals surface area contributed by atoms with Gasteiger partial charge in [0.25, 0.3) is 0 Å². The number of nitrogens with two attached hydrogens (primary N) is 1. The van der Waals surface area contributed by atoms with Crippen molar-refractivity contribution in [2.45, 2.75) is 32.9 Å². The normalized spacial score (nSPS) is 13.0. The number of halogens is 1. The van der Waals surface area contributed by atoms with Crippen LogP contribution in [-0.4, -0.2) is 6.10 Å². The lowest BCUT2D eigenvalue weighted by atomic mass is 10.1. The van der Waals surface area contributed by atoms with Gasteiger partial charge in [-0.25, -0.2) is 4.39 Å². The molecule has 0 aromatic heterocycles. The highest BCUT2D eigenvalue weighted by molar-refractivity contribution is 5.30. The van der Waals surface area contributed by atoms with Crippen molar-refractivity contribution in [3.63, 3.8) is 0 Å². The Morgan fingerprint density at radius 2 is 1.93 bits per heavy atom. The van der Waals surface area contributed by atoms with Gasteiger partial charge in [-0.2, -0.15) is 0 Å². The molecule has 0 fully saturated rings. The van der Waals surface area contributed by atoms with E-state index in [1.807, 2.05) is 13.8 Å². The van der Waals surface area contributed by atoms with E-state index in [1.165, 1.54) is 6.07 Å². The molecule has 0 amide bonds. The zero-order valence-electron chi connectivity index (χ0n) is 8.75. The summed E-state index contributed by atoms with van der Waals surface area (Å²) in [4.78, 5) is 0. The fourth-order valence-corrected chi connectivity index (χ4v) is 1.22. The van der Waals surface area contributed by atoms with Crippen molar-refractivity contribution in [1.29, 1.82) is 0 Å². The van der Waals surface area contributed by atoms with Crippen molar-refractivity contribution in [1.82, 2.24) is 0 Å². The van der Waals surface area contributed by atoms with E-state index < -0.39 is 0 Å². The third-order valence-corrected chi connectivity index (χ3v) is 1.83. The average molecular weight is 197 g/mol. The molecule has 0 aliphatic heterocycles. The maximum Gasteiger partial charge on any atom is 0.131 e. The van der Waals surface area contributed by atoms with Crippen molar-refractivity contribution in [2.75, 3.05) is 0 Å². The molecule has 0 bridgehead atoms. The van der Waals surface area contributed by atoms with Crippen LogP contribution in [0.3, 0.4) is 0 Å².